The number of benzene rings is 1. The first kappa shape index (κ1) is 17.9. The molecule has 6 atom stereocenters. The zero-order valence-corrected chi connectivity index (χ0v) is 16.1. The Morgan fingerprint density at radius 3 is 2.82 bits per heavy atom. The Balaban J connectivity index is 1.49. The Hall–Kier alpha value is -2.18. The molecule has 1 aliphatic carbocycles. The summed E-state index contributed by atoms with van der Waals surface area (Å²) >= 11 is 0. The highest BCUT2D eigenvalue weighted by Gasteiger charge is 2.70. The maximum Gasteiger partial charge on any atom is 0.354 e. The average molecular weight is 383 g/mol. The van der Waals surface area contributed by atoms with Gasteiger partial charge in [-0.2, -0.15) is 0 Å². The maximum atomic E-state index is 13.0. The molecule has 0 amide bonds. The first-order chi connectivity index (χ1) is 13.4. The lowest BCUT2D eigenvalue weighted by atomic mass is 9.75. The number of esters is 1. The van der Waals surface area contributed by atoms with Crippen LogP contribution >= 0.6 is 0 Å². The second kappa shape index (κ2) is 6.16. The number of fused-ring (bicyclic) bond motifs is 4. The van der Waals surface area contributed by atoms with Gasteiger partial charge in [-0.15, -0.1) is 0 Å². The maximum absolute atomic E-state index is 13.0. The van der Waals surface area contributed by atoms with Crippen LogP contribution in [-0.2, 0) is 19.1 Å². The van der Waals surface area contributed by atoms with Crippen LogP contribution in [0.25, 0.3) is 0 Å². The Kier molecular flexibility index (Phi) is 3.93. The lowest BCUT2D eigenvalue weighted by Crippen LogP contribution is -2.45. The van der Waals surface area contributed by atoms with E-state index in [-0.39, 0.29) is 17.6 Å². The molecule has 5 rings (SSSR count). The lowest BCUT2D eigenvalue weighted by molar-refractivity contribution is -0.159. The molecule has 6 nitrogen and oxygen atoms in total. The fraction of sp³-hybridized carbons (Fsp3) is 0.545. The number of oxime groups is 1. The zero-order chi connectivity index (χ0) is 19.5. The molecule has 2 saturated heterocycles. The number of aliphatic hydroxyl groups is 1. The number of nitrogens with zero attached hydrogens (tertiary/aromatic N) is 1. The number of carbonyl (C=O) groups is 1. The third-order valence-corrected chi connectivity index (χ3v) is 6.79. The first-order valence-corrected chi connectivity index (χ1v) is 9.97. The van der Waals surface area contributed by atoms with Gasteiger partial charge in [0.05, 0.1) is 23.3 Å². The van der Waals surface area contributed by atoms with E-state index in [0.29, 0.717) is 12.8 Å². The molecule has 28 heavy (non-hydrogen) atoms. The molecule has 148 valence electrons. The van der Waals surface area contributed by atoms with Gasteiger partial charge >= 0.3 is 5.97 Å². The molecule has 1 aromatic carbocycles. The Morgan fingerprint density at radius 2 is 2.04 bits per heavy atom. The zero-order valence-electron chi connectivity index (χ0n) is 16.1. The predicted octanol–water partition coefficient (Wildman–Crippen LogP) is 2.74. The van der Waals surface area contributed by atoms with E-state index in [0.717, 1.165) is 29.7 Å². The summed E-state index contributed by atoms with van der Waals surface area (Å²) in [7, 11) is 0. The minimum atomic E-state index is -1.19. The van der Waals surface area contributed by atoms with Gasteiger partial charge in [-0.3, -0.25) is 0 Å². The third kappa shape index (κ3) is 2.62. The molecule has 2 fully saturated rings. The van der Waals surface area contributed by atoms with Gasteiger partial charge < -0.3 is 19.4 Å². The summed E-state index contributed by atoms with van der Waals surface area (Å²) in [5, 5.41) is 15.0. The van der Waals surface area contributed by atoms with Crippen LogP contribution in [0.1, 0.15) is 45.1 Å². The first-order valence-electron chi connectivity index (χ1n) is 9.97. The van der Waals surface area contributed by atoms with Crippen molar-refractivity contribution < 1.29 is 24.2 Å². The van der Waals surface area contributed by atoms with Crippen molar-refractivity contribution in [3.05, 3.63) is 47.5 Å². The average Bonchev–Trinajstić information content (AvgIpc) is 3.05. The van der Waals surface area contributed by atoms with Crippen molar-refractivity contribution in [1.29, 1.82) is 0 Å². The number of allylic oxidation sites excluding steroid dienone is 1. The van der Waals surface area contributed by atoms with E-state index in [1.807, 2.05) is 37.3 Å². The van der Waals surface area contributed by atoms with Crippen molar-refractivity contribution in [1.82, 2.24) is 0 Å². The Morgan fingerprint density at radius 1 is 1.25 bits per heavy atom. The molecule has 0 bridgehead atoms. The molecule has 0 radical (unpaired) electrons. The molecule has 3 heterocycles. The van der Waals surface area contributed by atoms with Crippen molar-refractivity contribution >= 4 is 11.7 Å². The number of ether oxygens (including phenoxy) is 2. The van der Waals surface area contributed by atoms with E-state index in [2.05, 4.69) is 18.2 Å². The van der Waals surface area contributed by atoms with Crippen LogP contribution in [0.3, 0.4) is 0 Å². The van der Waals surface area contributed by atoms with E-state index in [9.17, 15) is 9.90 Å². The number of aliphatic hydroxyl groups excluding tert-OH is 1. The van der Waals surface area contributed by atoms with Crippen LogP contribution in [0.5, 0.6) is 0 Å². The highest BCUT2D eigenvalue weighted by molar-refractivity contribution is 6.05. The minimum Gasteiger partial charge on any atom is -0.456 e. The number of hydrogen-bond donors (Lipinski definition) is 1. The van der Waals surface area contributed by atoms with Crippen LogP contribution in [-0.4, -0.2) is 46.3 Å². The molecule has 0 aromatic heterocycles. The fourth-order valence-corrected chi connectivity index (χ4v) is 4.88. The molecule has 1 N–H and O–H groups in total. The summed E-state index contributed by atoms with van der Waals surface area (Å²) in [6.07, 6.45) is 3.23. The second-order valence-corrected chi connectivity index (χ2v) is 8.63. The smallest absolute Gasteiger partial charge is 0.354 e. The molecular weight excluding hydrogens is 358 g/mol. The van der Waals surface area contributed by atoms with Gasteiger partial charge in [0.2, 0.25) is 5.60 Å². The highest BCUT2D eigenvalue weighted by atomic mass is 16.7. The highest BCUT2D eigenvalue weighted by Crippen LogP contribution is 2.54. The molecule has 6 heteroatoms. The number of rotatable bonds is 1. The van der Waals surface area contributed by atoms with Gasteiger partial charge in [-0.25, -0.2) is 4.79 Å². The largest absolute Gasteiger partial charge is 0.456 e. The van der Waals surface area contributed by atoms with Gasteiger partial charge in [0.1, 0.15) is 12.2 Å². The van der Waals surface area contributed by atoms with Crippen molar-refractivity contribution in [3.8, 4) is 0 Å². The monoisotopic (exact) mass is 383 g/mol. The molecule has 1 spiro atoms. The molecule has 0 unspecified atom stereocenters. The van der Waals surface area contributed by atoms with Crippen molar-refractivity contribution in [2.45, 2.75) is 69.0 Å². The Bertz CT molecular complexity index is 865. The normalized spacial score (nSPS) is 43.9. The summed E-state index contributed by atoms with van der Waals surface area (Å²) in [5.41, 5.74) is 1.09. The molecule has 4 aliphatic rings. The molecule has 1 aromatic rings. The van der Waals surface area contributed by atoms with Gasteiger partial charge in [0.25, 0.3) is 0 Å². The predicted molar refractivity (Wildman–Crippen MR) is 102 cm³/mol. The number of hydrogen-bond acceptors (Lipinski definition) is 6. The van der Waals surface area contributed by atoms with Gasteiger partial charge in [-0.05, 0) is 44.2 Å². The van der Waals surface area contributed by atoms with Crippen LogP contribution < -0.4 is 0 Å². The minimum absolute atomic E-state index is 0.163. The SMILES string of the molecule is C/C1=C\CC[C@@]2(C)O[C@@H]2[C@H]2OC(=O)[C@@]3(CC(c4ccccc4)=NO3)[C@@H]2C[C@H]1O. The molecular formula is C22H25NO5. The second-order valence-electron chi connectivity index (χ2n) is 8.63. The number of carbonyl (C=O) groups excluding carboxylic acids is 1. The van der Waals surface area contributed by atoms with Crippen molar-refractivity contribution in [3.63, 3.8) is 0 Å². The van der Waals surface area contributed by atoms with Crippen LogP contribution in [0.4, 0.5) is 0 Å². The lowest BCUT2D eigenvalue weighted by Gasteiger charge is -2.29. The van der Waals surface area contributed by atoms with Gasteiger partial charge in [-0.1, -0.05) is 41.6 Å². The van der Waals surface area contributed by atoms with E-state index in [1.54, 1.807) is 0 Å². The van der Waals surface area contributed by atoms with Crippen molar-refractivity contribution in [2.24, 2.45) is 11.1 Å². The standard InChI is InChI=1S/C22H25NO5/c1-13-7-6-10-21(2)19(27-21)18-15(11-17(13)24)22(20(25)26-18)12-16(23-28-22)14-8-4-3-5-9-14/h3-5,7-9,15,17-19,24H,6,10-12H2,1-2H3/b13-7+/t15-,17-,18+,19-,21-,22-/m1/s1. The van der Waals surface area contributed by atoms with Gasteiger partial charge in [0.15, 0.2) is 0 Å². The van der Waals surface area contributed by atoms with Crippen LogP contribution in [0, 0.1) is 5.92 Å². The van der Waals surface area contributed by atoms with Crippen LogP contribution in [0.2, 0.25) is 0 Å². The topological polar surface area (TPSA) is 80.7 Å². The van der Waals surface area contributed by atoms with Crippen LogP contribution in [0.15, 0.2) is 47.1 Å². The summed E-state index contributed by atoms with van der Waals surface area (Å²) in [5.74, 6) is -0.726. The van der Waals surface area contributed by atoms with Crippen molar-refractivity contribution in [2.75, 3.05) is 0 Å². The van der Waals surface area contributed by atoms with E-state index < -0.39 is 23.8 Å². The number of epoxide rings is 1. The van der Waals surface area contributed by atoms with E-state index in [4.69, 9.17) is 14.3 Å². The van der Waals surface area contributed by atoms with Gasteiger partial charge in [0, 0.05) is 6.42 Å². The fourth-order valence-electron chi connectivity index (χ4n) is 4.88. The molecule has 3 aliphatic heterocycles. The quantitative estimate of drug-likeness (QED) is 0.458. The summed E-state index contributed by atoms with van der Waals surface area (Å²) in [4.78, 5) is 18.9. The third-order valence-electron chi connectivity index (χ3n) is 6.79. The molecule has 0 saturated carbocycles. The summed E-state index contributed by atoms with van der Waals surface area (Å²) in [6.45, 7) is 4.00. The summed E-state index contributed by atoms with van der Waals surface area (Å²) in [6, 6.07) is 9.71. The van der Waals surface area contributed by atoms with E-state index in [1.165, 1.54) is 0 Å². The van der Waals surface area contributed by atoms with E-state index >= 15 is 0 Å². The summed E-state index contributed by atoms with van der Waals surface area (Å²) < 4.78 is 11.8. The Labute approximate surface area is 164 Å².